The van der Waals surface area contributed by atoms with Gasteiger partial charge >= 0.3 is 6.18 Å². The lowest BCUT2D eigenvalue weighted by Crippen LogP contribution is -2.27. The van der Waals surface area contributed by atoms with E-state index in [0.717, 1.165) is 17.8 Å². The second kappa shape index (κ2) is 7.92. The first kappa shape index (κ1) is 21.5. The van der Waals surface area contributed by atoms with Crippen LogP contribution < -0.4 is 0 Å². The molecule has 10 heteroatoms. The van der Waals surface area contributed by atoms with Gasteiger partial charge in [-0.15, -0.1) is 0 Å². The van der Waals surface area contributed by atoms with Crippen LogP contribution in [0.2, 0.25) is 0 Å². The van der Waals surface area contributed by atoms with E-state index in [2.05, 4.69) is 15.2 Å². The Kier molecular flexibility index (Phi) is 5.69. The van der Waals surface area contributed by atoms with Crippen LogP contribution in [0.1, 0.15) is 58.4 Å². The fourth-order valence-electron chi connectivity index (χ4n) is 3.18. The number of hydrogen-bond acceptors (Lipinski definition) is 5. The molecule has 0 saturated carbocycles. The molecule has 0 bridgehead atoms. The smallest absolute Gasteiger partial charge is 0.361 e. The Morgan fingerprint density at radius 2 is 1.93 bits per heavy atom. The number of amides is 1. The zero-order valence-corrected chi connectivity index (χ0v) is 17.3. The quantitative estimate of drug-likeness (QED) is 0.614. The summed E-state index contributed by atoms with van der Waals surface area (Å²) in [4.78, 5) is 18.5. The average molecular weight is 421 g/mol. The normalized spacial score (nSPS) is 11.9. The van der Waals surface area contributed by atoms with Crippen molar-refractivity contribution >= 4 is 5.91 Å². The topological polar surface area (TPSA) is 77.0 Å². The van der Waals surface area contributed by atoms with Crippen LogP contribution in [-0.2, 0) is 12.7 Å². The van der Waals surface area contributed by atoms with Crippen LogP contribution in [0.4, 0.5) is 13.2 Å². The minimum absolute atomic E-state index is 0.122. The van der Waals surface area contributed by atoms with Crippen LogP contribution in [0.5, 0.6) is 0 Å². The second-order valence-electron chi connectivity index (χ2n) is 7.38. The van der Waals surface area contributed by atoms with Gasteiger partial charge in [0.2, 0.25) is 0 Å². The van der Waals surface area contributed by atoms with E-state index in [4.69, 9.17) is 4.52 Å². The van der Waals surface area contributed by atoms with E-state index in [-0.39, 0.29) is 17.6 Å². The van der Waals surface area contributed by atoms with Gasteiger partial charge in [-0.05, 0) is 31.9 Å². The molecule has 160 valence electrons. The van der Waals surface area contributed by atoms with Gasteiger partial charge in [0.15, 0.2) is 5.82 Å². The van der Waals surface area contributed by atoms with Crippen molar-refractivity contribution in [3.8, 4) is 5.82 Å². The van der Waals surface area contributed by atoms with Gasteiger partial charge in [-0.2, -0.15) is 18.3 Å². The maximum absolute atomic E-state index is 13.1. The van der Waals surface area contributed by atoms with Crippen LogP contribution in [0, 0.1) is 13.8 Å². The molecule has 0 N–H and O–H groups in total. The highest BCUT2D eigenvalue weighted by Crippen LogP contribution is 2.30. The third-order valence-corrected chi connectivity index (χ3v) is 4.80. The molecule has 0 radical (unpaired) electrons. The molecule has 3 heterocycles. The highest BCUT2D eigenvalue weighted by Gasteiger charge is 2.31. The van der Waals surface area contributed by atoms with Crippen LogP contribution in [0.3, 0.4) is 0 Å². The molecule has 0 atom stereocenters. The maximum Gasteiger partial charge on any atom is 0.417 e. The summed E-state index contributed by atoms with van der Waals surface area (Å²) in [6.45, 7) is 7.64. The zero-order chi connectivity index (χ0) is 22.2. The lowest BCUT2D eigenvalue weighted by molar-refractivity contribution is -0.137. The summed E-state index contributed by atoms with van der Waals surface area (Å²) >= 11 is 0. The monoisotopic (exact) mass is 421 g/mol. The minimum Gasteiger partial charge on any atom is -0.361 e. The summed E-state index contributed by atoms with van der Waals surface area (Å²) in [6.07, 6.45) is -2.30. The number of rotatable bonds is 5. The van der Waals surface area contributed by atoms with E-state index >= 15 is 0 Å². The Hall–Kier alpha value is -3.17. The molecule has 1 amide bonds. The highest BCUT2D eigenvalue weighted by molar-refractivity contribution is 5.95. The third-order valence-electron chi connectivity index (χ3n) is 4.80. The van der Waals surface area contributed by atoms with Crippen molar-refractivity contribution in [1.82, 2.24) is 24.8 Å². The van der Waals surface area contributed by atoms with E-state index in [0.29, 0.717) is 29.3 Å². The van der Waals surface area contributed by atoms with Gasteiger partial charge in [0.1, 0.15) is 5.76 Å². The molecule has 0 aliphatic rings. The van der Waals surface area contributed by atoms with Gasteiger partial charge in [-0.3, -0.25) is 4.79 Å². The number of hydrogen-bond donors (Lipinski definition) is 0. The standard InChI is InChI=1S/C20H22F3N5O2/c1-11(2)18-15(19(29)27(5)10-16-12(3)26-30-13(16)4)9-25-28(18)17-7-6-14(8-24-17)20(21,22)23/h6-9,11H,10H2,1-5H3. The van der Waals surface area contributed by atoms with Gasteiger partial charge in [-0.25, -0.2) is 9.67 Å². The predicted octanol–water partition coefficient (Wildman–Crippen LogP) is 4.29. The lowest BCUT2D eigenvalue weighted by atomic mass is 10.0. The molecule has 0 fully saturated rings. The van der Waals surface area contributed by atoms with E-state index in [1.165, 1.54) is 21.8 Å². The van der Waals surface area contributed by atoms with Crippen LogP contribution in [0.15, 0.2) is 29.0 Å². The van der Waals surface area contributed by atoms with Crippen molar-refractivity contribution in [2.24, 2.45) is 0 Å². The minimum atomic E-state index is -4.47. The number of aryl methyl sites for hydroxylation is 2. The first-order valence-electron chi connectivity index (χ1n) is 9.29. The van der Waals surface area contributed by atoms with Gasteiger partial charge in [-0.1, -0.05) is 19.0 Å². The van der Waals surface area contributed by atoms with E-state index in [1.807, 2.05) is 13.8 Å². The zero-order valence-electron chi connectivity index (χ0n) is 17.3. The van der Waals surface area contributed by atoms with Crippen molar-refractivity contribution in [2.45, 2.75) is 46.3 Å². The Labute approximate surface area is 171 Å². The average Bonchev–Trinajstić information content (AvgIpc) is 3.26. The molecular weight excluding hydrogens is 399 g/mol. The van der Waals surface area contributed by atoms with Gasteiger partial charge in [0.05, 0.1) is 35.3 Å². The van der Waals surface area contributed by atoms with Gasteiger partial charge < -0.3 is 9.42 Å². The largest absolute Gasteiger partial charge is 0.417 e. The molecule has 0 aliphatic heterocycles. The summed E-state index contributed by atoms with van der Waals surface area (Å²) in [5.41, 5.74) is 1.62. The molecule has 0 aliphatic carbocycles. The summed E-state index contributed by atoms with van der Waals surface area (Å²) in [6, 6.07) is 2.18. The predicted molar refractivity (Wildman–Crippen MR) is 102 cm³/mol. The fraction of sp³-hybridized carbons (Fsp3) is 0.400. The van der Waals surface area contributed by atoms with Crippen molar-refractivity contribution in [2.75, 3.05) is 7.05 Å². The van der Waals surface area contributed by atoms with E-state index < -0.39 is 11.7 Å². The summed E-state index contributed by atoms with van der Waals surface area (Å²) in [7, 11) is 1.66. The van der Waals surface area contributed by atoms with Crippen molar-refractivity contribution < 1.29 is 22.5 Å². The Morgan fingerprint density at radius 3 is 2.43 bits per heavy atom. The second-order valence-corrected chi connectivity index (χ2v) is 7.38. The number of nitrogens with zero attached hydrogens (tertiary/aromatic N) is 5. The molecule has 0 unspecified atom stereocenters. The highest BCUT2D eigenvalue weighted by atomic mass is 19.4. The van der Waals surface area contributed by atoms with Gasteiger partial charge in [0.25, 0.3) is 5.91 Å². The third kappa shape index (κ3) is 4.07. The van der Waals surface area contributed by atoms with Crippen molar-refractivity contribution in [3.05, 3.63) is 58.4 Å². The first-order valence-corrected chi connectivity index (χ1v) is 9.29. The summed E-state index contributed by atoms with van der Waals surface area (Å²) in [5, 5.41) is 8.13. The number of aromatic nitrogens is 4. The molecule has 3 aromatic heterocycles. The molecule has 0 spiro atoms. The number of pyridine rings is 1. The molecule has 0 aromatic carbocycles. The lowest BCUT2D eigenvalue weighted by Gasteiger charge is -2.18. The van der Waals surface area contributed by atoms with Gasteiger partial charge in [0, 0.05) is 18.8 Å². The molecule has 0 saturated heterocycles. The SMILES string of the molecule is Cc1noc(C)c1CN(C)C(=O)c1cnn(-c2ccc(C(F)(F)F)cn2)c1C(C)C. The summed E-state index contributed by atoms with van der Waals surface area (Å²) < 4.78 is 45.0. The molecule has 3 aromatic rings. The molecule has 7 nitrogen and oxygen atoms in total. The number of alkyl halides is 3. The van der Waals surface area contributed by atoms with Crippen LogP contribution in [0.25, 0.3) is 5.82 Å². The maximum atomic E-state index is 13.1. The number of halogens is 3. The number of carbonyl (C=O) groups excluding carboxylic acids is 1. The van der Waals surface area contributed by atoms with E-state index in [9.17, 15) is 18.0 Å². The Morgan fingerprint density at radius 1 is 1.23 bits per heavy atom. The van der Waals surface area contributed by atoms with Crippen LogP contribution >= 0.6 is 0 Å². The molecule has 3 rings (SSSR count). The van der Waals surface area contributed by atoms with Crippen molar-refractivity contribution in [1.29, 1.82) is 0 Å². The fourth-order valence-corrected chi connectivity index (χ4v) is 3.18. The Bertz CT molecular complexity index is 1030. The van der Waals surface area contributed by atoms with Crippen molar-refractivity contribution in [3.63, 3.8) is 0 Å². The Balaban J connectivity index is 1.93. The first-order chi connectivity index (χ1) is 14.0. The van der Waals surface area contributed by atoms with Crippen LogP contribution in [-0.4, -0.2) is 37.8 Å². The summed E-state index contributed by atoms with van der Waals surface area (Å²) in [5.74, 6) is 0.458. The molecule has 30 heavy (non-hydrogen) atoms. The molecular formula is C20H22F3N5O2. The van der Waals surface area contributed by atoms with E-state index in [1.54, 1.807) is 20.9 Å². The number of carbonyl (C=O) groups is 1.